The fraction of sp³-hybridized carbons (Fsp3) is 0.167. The van der Waals surface area contributed by atoms with Crippen LogP contribution in [0.4, 0.5) is 5.82 Å². The van der Waals surface area contributed by atoms with Crippen LogP contribution >= 0.6 is 0 Å². The number of ketones is 1. The van der Waals surface area contributed by atoms with Gasteiger partial charge in [0.2, 0.25) is 0 Å². The minimum Gasteiger partial charge on any atom is -0.483 e. The lowest BCUT2D eigenvalue weighted by atomic mass is 10.0. The Kier molecular flexibility index (Phi) is 5.81. The zero-order chi connectivity index (χ0) is 18.2. The van der Waals surface area contributed by atoms with Crippen molar-refractivity contribution in [1.29, 1.82) is 10.5 Å². The fourth-order valence-electron chi connectivity index (χ4n) is 1.99. The molecule has 2 atom stereocenters. The van der Waals surface area contributed by atoms with Gasteiger partial charge in [0, 0.05) is 6.20 Å². The normalized spacial score (nSPS) is 12.1. The van der Waals surface area contributed by atoms with E-state index >= 15 is 0 Å². The molecule has 2 unspecified atom stereocenters. The molecule has 2 aromatic rings. The molecule has 1 aromatic carbocycles. The number of benzene rings is 1. The fourth-order valence-corrected chi connectivity index (χ4v) is 1.99. The van der Waals surface area contributed by atoms with Gasteiger partial charge in [-0.15, -0.1) is 0 Å². The van der Waals surface area contributed by atoms with E-state index in [2.05, 4.69) is 10.3 Å². The first-order valence-corrected chi connectivity index (χ1v) is 7.37. The third-order valence-electron chi connectivity index (χ3n) is 3.29. The average Bonchev–Trinajstić information content (AvgIpc) is 2.63. The number of hydrogen-bond donors (Lipinski definition) is 1. The Morgan fingerprint density at radius 1 is 1.16 bits per heavy atom. The summed E-state index contributed by atoms with van der Waals surface area (Å²) in [6.45, 7) is 1.46. The number of carbonyl (C=O) groups excluding carboxylic acids is 2. The van der Waals surface area contributed by atoms with E-state index in [1.165, 1.54) is 25.3 Å². The number of carbonyl (C=O) groups is 2. The van der Waals surface area contributed by atoms with Crippen molar-refractivity contribution in [1.82, 2.24) is 4.98 Å². The lowest BCUT2D eigenvalue weighted by Crippen LogP contribution is -2.37. The third kappa shape index (κ3) is 4.63. The van der Waals surface area contributed by atoms with E-state index in [0.717, 1.165) is 0 Å². The number of nitrogens with one attached hydrogen (secondary N) is 1. The number of aromatic nitrogens is 1. The van der Waals surface area contributed by atoms with Crippen LogP contribution in [0, 0.1) is 28.6 Å². The van der Waals surface area contributed by atoms with Crippen molar-refractivity contribution < 1.29 is 14.3 Å². The number of nitriles is 2. The van der Waals surface area contributed by atoms with Crippen molar-refractivity contribution in [2.75, 3.05) is 5.32 Å². The predicted molar refractivity (Wildman–Crippen MR) is 88.2 cm³/mol. The van der Waals surface area contributed by atoms with E-state index < -0.39 is 23.7 Å². The van der Waals surface area contributed by atoms with Crippen LogP contribution < -0.4 is 10.1 Å². The highest BCUT2D eigenvalue weighted by molar-refractivity contribution is 6.10. The van der Waals surface area contributed by atoms with Gasteiger partial charge in [0.25, 0.3) is 5.91 Å². The van der Waals surface area contributed by atoms with Gasteiger partial charge in [0.05, 0.1) is 17.7 Å². The molecule has 1 aromatic heterocycles. The van der Waals surface area contributed by atoms with E-state index in [4.69, 9.17) is 10.00 Å². The Labute approximate surface area is 144 Å². The first-order chi connectivity index (χ1) is 12.0. The Morgan fingerprint density at radius 3 is 2.44 bits per heavy atom. The van der Waals surface area contributed by atoms with Crippen LogP contribution in [0.25, 0.3) is 0 Å². The van der Waals surface area contributed by atoms with Crippen LogP contribution in [0.15, 0.2) is 48.7 Å². The largest absolute Gasteiger partial charge is 0.483 e. The van der Waals surface area contributed by atoms with Crippen LogP contribution in [0.2, 0.25) is 0 Å². The Bertz CT molecular complexity index is 835. The standard InChI is InChI=1S/C18H14N4O3/c1-12(25-14-7-5-13(10-19)6-8-14)17(23)15(11-20)18(24)22-16-4-2-3-9-21-16/h2-9,12,15H,1H3,(H,21,22,24). The summed E-state index contributed by atoms with van der Waals surface area (Å²) in [6.07, 6.45) is 0.474. The Hall–Kier alpha value is -3.71. The zero-order valence-electron chi connectivity index (χ0n) is 13.3. The molecule has 0 spiro atoms. The van der Waals surface area contributed by atoms with Gasteiger partial charge >= 0.3 is 0 Å². The topological polar surface area (TPSA) is 116 Å². The number of anilines is 1. The van der Waals surface area contributed by atoms with E-state index in [1.807, 2.05) is 6.07 Å². The molecule has 1 N–H and O–H groups in total. The molecule has 7 heteroatoms. The maximum Gasteiger partial charge on any atom is 0.250 e. The van der Waals surface area contributed by atoms with Crippen LogP contribution in [-0.4, -0.2) is 22.8 Å². The predicted octanol–water partition coefficient (Wildman–Crippen LogP) is 2.07. The first-order valence-electron chi connectivity index (χ1n) is 7.37. The second kappa shape index (κ2) is 8.23. The van der Waals surface area contributed by atoms with Crippen molar-refractivity contribution in [3.8, 4) is 17.9 Å². The van der Waals surface area contributed by atoms with Crippen LogP contribution in [0.1, 0.15) is 12.5 Å². The number of ether oxygens (including phenoxy) is 1. The molecule has 1 amide bonds. The lowest BCUT2D eigenvalue weighted by Gasteiger charge is -2.16. The molecule has 0 aliphatic carbocycles. The summed E-state index contributed by atoms with van der Waals surface area (Å²) in [4.78, 5) is 28.4. The molecular formula is C18H14N4O3. The van der Waals surface area contributed by atoms with Crippen molar-refractivity contribution >= 4 is 17.5 Å². The molecule has 0 saturated carbocycles. The molecule has 124 valence electrons. The highest BCUT2D eigenvalue weighted by atomic mass is 16.5. The summed E-state index contributed by atoms with van der Waals surface area (Å²) >= 11 is 0. The summed E-state index contributed by atoms with van der Waals surface area (Å²) in [5, 5.41) is 20.4. The lowest BCUT2D eigenvalue weighted by molar-refractivity contribution is -0.133. The molecule has 0 saturated heterocycles. The maximum atomic E-state index is 12.4. The zero-order valence-corrected chi connectivity index (χ0v) is 13.3. The summed E-state index contributed by atoms with van der Waals surface area (Å²) in [5.74, 6) is -2.33. The van der Waals surface area contributed by atoms with Crippen molar-refractivity contribution in [2.45, 2.75) is 13.0 Å². The quantitative estimate of drug-likeness (QED) is 0.808. The van der Waals surface area contributed by atoms with Crippen LogP contribution in [-0.2, 0) is 9.59 Å². The second-order valence-corrected chi connectivity index (χ2v) is 5.06. The van der Waals surface area contributed by atoms with E-state index in [0.29, 0.717) is 11.3 Å². The number of pyridine rings is 1. The summed E-state index contributed by atoms with van der Waals surface area (Å²) in [5.41, 5.74) is 0.455. The minimum absolute atomic E-state index is 0.251. The van der Waals surface area contributed by atoms with Crippen LogP contribution in [0.3, 0.4) is 0 Å². The molecular weight excluding hydrogens is 320 g/mol. The van der Waals surface area contributed by atoms with Crippen LogP contribution in [0.5, 0.6) is 5.75 Å². The molecule has 7 nitrogen and oxygen atoms in total. The smallest absolute Gasteiger partial charge is 0.250 e. The van der Waals surface area contributed by atoms with Gasteiger partial charge in [0.15, 0.2) is 17.8 Å². The van der Waals surface area contributed by atoms with Gasteiger partial charge in [-0.05, 0) is 43.3 Å². The number of Topliss-reactive ketones (excluding diaryl/α,β-unsaturated/α-hetero) is 1. The second-order valence-electron chi connectivity index (χ2n) is 5.06. The average molecular weight is 334 g/mol. The van der Waals surface area contributed by atoms with Crippen molar-refractivity contribution in [2.24, 2.45) is 5.92 Å². The Morgan fingerprint density at radius 2 is 1.88 bits per heavy atom. The molecule has 0 fully saturated rings. The summed E-state index contributed by atoms with van der Waals surface area (Å²) < 4.78 is 5.45. The molecule has 0 aliphatic heterocycles. The summed E-state index contributed by atoms with van der Waals surface area (Å²) in [6, 6.07) is 14.7. The first kappa shape index (κ1) is 17.6. The van der Waals surface area contributed by atoms with Gasteiger partial charge in [-0.2, -0.15) is 10.5 Å². The molecule has 2 rings (SSSR count). The number of amides is 1. The molecule has 1 heterocycles. The van der Waals surface area contributed by atoms with Crippen molar-refractivity contribution in [3.05, 3.63) is 54.2 Å². The number of hydrogen-bond acceptors (Lipinski definition) is 6. The minimum atomic E-state index is -1.52. The van der Waals surface area contributed by atoms with E-state index in [-0.39, 0.29) is 5.82 Å². The number of rotatable bonds is 6. The SMILES string of the molecule is CC(Oc1ccc(C#N)cc1)C(=O)C(C#N)C(=O)Nc1ccccn1. The van der Waals surface area contributed by atoms with Gasteiger partial charge in [-0.3, -0.25) is 9.59 Å². The van der Waals surface area contributed by atoms with Gasteiger partial charge in [0.1, 0.15) is 11.6 Å². The third-order valence-corrected chi connectivity index (χ3v) is 3.29. The highest BCUT2D eigenvalue weighted by Gasteiger charge is 2.31. The molecule has 25 heavy (non-hydrogen) atoms. The van der Waals surface area contributed by atoms with E-state index in [1.54, 1.807) is 36.4 Å². The van der Waals surface area contributed by atoms with E-state index in [9.17, 15) is 14.9 Å². The molecule has 0 aliphatic rings. The Balaban J connectivity index is 2.03. The number of nitrogens with zero attached hydrogens (tertiary/aromatic N) is 3. The van der Waals surface area contributed by atoms with Crippen molar-refractivity contribution in [3.63, 3.8) is 0 Å². The molecule has 0 radical (unpaired) electrons. The van der Waals surface area contributed by atoms with Gasteiger partial charge in [-0.1, -0.05) is 6.07 Å². The van der Waals surface area contributed by atoms with Gasteiger partial charge < -0.3 is 10.1 Å². The summed E-state index contributed by atoms with van der Waals surface area (Å²) in [7, 11) is 0. The van der Waals surface area contributed by atoms with Gasteiger partial charge in [-0.25, -0.2) is 4.98 Å². The molecule has 0 bridgehead atoms. The monoisotopic (exact) mass is 334 g/mol. The highest BCUT2D eigenvalue weighted by Crippen LogP contribution is 2.16. The maximum absolute atomic E-state index is 12.4.